The molecule has 1 unspecified atom stereocenters. The molecule has 0 saturated carbocycles. The lowest BCUT2D eigenvalue weighted by Crippen LogP contribution is -2.60. The van der Waals surface area contributed by atoms with Crippen LogP contribution in [0, 0.1) is 0 Å². The van der Waals surface area contributed by atoms with E-state index in [0.29, 0.717) is 0 Å². The van der Waals surface area contributed by atoms with Crippen LogP contribution in [-0.2, 0) is 0 Å². The van der Waals surface area contributed by atoms with Gasteiger partial charge in [-0.3, -0.25) is 16.2 Å². The number of hydrazine groups is 1. The Labute approximate surface area is 106 Å². The van der Waals surface area contributed by atoms with Gasteiger partial charge in [0.15, 0.2) is 0 Å². The summed E-state index contributed by atoms with van der Waals surface area (Å²) in [6.45, 7) is 13.3. The van der Waals surface area contributed by atoms with Gasteiger partial charge in [0.05, 0.1) is 0 Å². The van der Waals surface area contributed by atoms with Crippen molar-refractivity contribution in [1.82, 2.24) is 10.3 Å². The summed E-state index contributed by atoms with van der Waals surface area (Å²) in [6.07, 6.45) is 6.00. The minimum absolute atomic E-state index is 0.104. The third-order valence-corrected chi connectivity index (χ3v) is 4.22. The number of hydrogen-bond acceptors (Lipinski definition) is 3. The van der Waals surface area contributed by atoms with Gasteiger partial charge in [-0.15, -0.1) is 0 Å². The van der Waals surface area contributed by atoms with Crippen LogP contribution in [0.2, 0.25) is 0 Å². The highest BCUT2D eigenvalue weighted by molar-refractivity contribution is 5.03. The van der Waals surface area contributed by atoms with Crippen molar-refractivity contribution >= 4 is 0 Å². The first kappa shape index (κ1) is 14.7. The molecule has 0 aliphatic carbocycles. The fraction of sp³-hybridized carbons (Fsp3) is 0.857. The van der Waals surface area contributed by atoms with E-state index < -0.39 is 0 Å². The highest BCUT2D eigenvalue weighted by Crippen LogP contribution is 2.27. The SMILES string of the molecule is C=C(CC)CC(NN)C(C)(C)N1CCCCC1. The second kappa shape index (κ2) is 6.53. The van der Waals surface area contributed by atoms with Crippen molar-refractivity contribution < 1.29 is 0 Å². The van der Waals surface area contributed by atoms with E-state index in [0.717, 1.165) is 12.8 Å². The monoisotopic (exact) mass is 239 g/mol. The fourth-order valence-corrected chi connectivity index (χ4v) is 2.64. The van der Waals surface area contributed by atoms with Gasteiger partial charge < -0.3 is 0 Å². The van der Waals surface area contributed by atoms with Crippen molar-refractivity contribution in [2.75, 3.05) is 13.1 Å². The molecule has 17 heavy (non-hydrogen) atoms. The van der Waals surface area contributed by atoms with E-state index in [-0.39, 0.29) is 11.6 Å². The molecule has 3 nitrogen and oxygen atoms in total. The normalized spacial score (nSPS) is 20.2. The van der Waals surface area contributed by atoms with E-state index in [1.54, 1.807) is 0 Å². The van der Waals surface area contributed by atoms with E-state index in [1.807, 2.05) is 0 Å². The number of rotatable bonds is 6. The Bertz CT molecular complexity index is 242. The third kappa shape index (κ3) is 3.80. The maximum atomic E-state index is 5.75. The quantitative estimate of drug-likeness (QED) is 0.425. The molecule has 3 heteroatoms. The van der Waals surface area contributed by atoms with E-state index in [1.165, 1.54) is 37.9 Å². The van der Waals surface area contributed by atoms with E-state index in [2.05, 4.69) is 37.7 Å². The molecule has 0 aromatic rings. The van der Waals surface area contributed by atoms with Crippen LogP contribution in [0.15, 0.2) is 12.2 Å². The van der Waals surface area contributed by atoms with Crippen LogP contribution in [0.25, 0.3) is 0 Å². The number of hydrogen-bond donors (Lipinski definition) is 2. The molecular formula is C14H29N3. The molecule has 0 bridgehead atoms. The molecule has 1 atom stereocenters. The minimum atomic E-state index is 0.104. The molecule has 1 heterocycles. The maximum Gasteiger partial charge on any atom is 0.0426 e. The second-order valence-corrected chi connectivity index (χ2v) is 5.73. The molecule has 1 rings (SSSR count). The maximum absolute atomic E-state index is 5.75. The summed E-state index contributed by atoms with van der Waals surface area (Å²) in [5.74, 6) is 5.75. The Hall–Kier alpha value is -0.380. The average Bonchev–Trinajstić information content (AvgIpc) is 2.36. The largest absolute Gasteiger partial charge is 0.297 e. The Balaban J connectivity index is 2.66. The first-order chi connectivity index (χ1) is 8.02. The van der Waals surface area contributed by atoms with E-state index in [4.69, 9.17) is 5.84 Å². The first-order valence-corrected chi connectivity index (χ1v) is 6.90. The zero-order valence-electron chi connectivity index (χ0n) is 11.8. The van der Waals surface area contributed by atoms with Crippen LogP contribution in [0.4, 0.5) is 0 Å². The number of nitrogens with two attached hydrogens (primary N) is 1. The van der Waals surface area contributed by atoms with Gasteiger partial charge in [-0.2, -0.15) is 0 Å². The lowest BCUT2D eigenvalue weighted by atomic mass is 9.86. The molecule has 100 valence electrons. The molecular weight excluding hydrogens is 210 g/mol. The standard InChI is InChI=1S/C14H29N3/c1-5-12(2)11-13(16-15)14(3,4)17-9-7-6-8-10-17/h13,16H,2,5-11,15H2,1,3-4H3. The Morgan fingerprint density at radius 3 is 2.41 bits per heavy atom. The highest BCUT2D eigenvalue weighted by atomic mass is 15.3. The summed E-state index contributed by atoms with van der Waals surface area (Å²) >= 11 is 0. The van der Waals surface area contributed by atoms with Crippen molar-refractivity contribution in [3.8, 4) is 0 Å². The van der Waals surface area contributed by atoms with Crippen molar-refractivity contribution in [3.63, 3.8) is 0 Å². The summed E-state index contributed by atoms with van der Waals surface area (Å²) in [4.78, 5) is 2.57. The fourth-order valence-electron chi connectivity index (χ4n) is 2.64. The predicted octanol–water partition coefficient (Wildman–Crippen LogP) is 2.44. The minimum Gasteiger partial charge on any atom is -0.297 e. The van der Waals surface area contributed by atoms with Crippen LogP contribution in [-0.4, -0.2) is 29.6 Å². The van der Waals surface area contributed by atoms with Crippen LogP contribution in [0.1, 0.15) is 52.9 Å². The van der Waals surface area contributed by atoms with Crippen molar-refractivity contribution in [2.24, 2.45) is 5.84 Å². The lowest BCUT2D eigenvalue weighted by Gasteiger charge is -2.46. The molecule has 1 aliphatic rings. The van der Waals surface area contributed by atoms with Gasteiger partial charge in [0.2, 0.25) is 0 Å². The number of nitrogens with zero attached hydrogens (tertiary/aromatic N) is 1. The van der Waals surface area contributed by atoms with Crippen molar-refractivity contribution in [1.29, 1.82) is 0 Å². The molecule has 0 radical (unpaired) electrons. The zero-order valence-corrected chi connectivity index (χ0v) is 11.8. The van der Waals surface area contributed by atoms with Gasteiger partial charge in [0.1, 0.15) is 0 Å². The number of likely N-dealkylation sites (tertiary alicyclic amines) is 1. The molecule has 0 aromatic carbocycles. The van der Waals surface area contributed by atoms with Gasteiger partial charge in [0.25, 0.3) is 0 Å². The molecule has 0 amide bonds. The summed E-state index contributed by atoms with van der Waals surface area (Å²) in [7, 11) is 0. The Morgan fingerprint density at radius 2 is 1.94 bits per heavy atom. The van der Waals surface area contributed by atoms with Crippen LogP contribution in [0.5, 0.6) is 0 Å². The summed E-state index contributed by atoms with van der Waals surface area (Å²) in [5.41, 5.74) is 4.38. The third-order valence-electron chi connectivity index (χ3n) is 4.22. The van der Waals surface area contributed by atoms with Gasteiger partial charge in [-0.1, -0.05) is 25.5 Å². The Kier molecular flexibility index (Phi) is 5.63. The topological polar surface area (TPSA) is 41.3 Å². The molecule has 1 aliphatic heterocycles. The second-order valence-electron chi connectivity index (χ2n) is 5.73. The van der Waals surface area contributed by atoms with Gasteiger partial charge in [-0.05, 0) is 52.6 Å². The van der Waals surface area contributed by atoms with Gasteiger partial charge in [-0.25, -0.2) is 0 Å². The number of nitrogens with one attached hydrogen (secondary N) is 1. The first-order valence-electron chi connectivity index (χ1n) is 6.90. The smallest absolute Gasteiger partial charge is 0.0426 e. The van der Waals surface area contributed by atoms with Crippen LogP contribution < -0.4 is 11.3 Å². The van der Waals surface area contributed by atoms with E-state index >= 15 is 0 Å². The van der Waals surface area contributed by atoms with Crippen LogP contribution >= 0.6 is 0 Å². The molecule has 3 N–H and O–H groups in total. The van der Waals surface area contributed by atoms with Crippen molar-refractivity contribution in [2.45, 2.75) is 64.5 Å². The lowest BCUT2D eigenvalue weighted by molar-refractivity contribution is 0.0609. The predicted molar refractivity (Wildman–Crippen MR) is 74.7 cm³/mol. The average molecular weight is 239 g/mol. The van der Waals surface area contributed by atoms with Crippen molar-refractivity contribution in [3.05, 3.63) is 12.2 Å². The molecule has 1 saturated heterocycles. The summed E-state index contributed by atoms with van der Waals surface area (Å²) < 4.78 is 0. The summed E-state index contributed by atoms with van der Waals surface area (Å²) in [5, 5.41) is 0. The zero-order chi connectivity index (χ0) is 12.9. The van der Waals surface area contributed by atoms with Gasteiger partial charge in [0, 0.05) is 11.6 Å². The van der Waals surface area contributed by atoms with Crippen LogP contribution in [0.3, 0.4) is 0 Å². The van der Waals surface area contributed by atoms with Gasteiger partial charge >= 0.3 is 0 Å². The highest BCUT2D eigenvalue weighted by Gasteiger charge is 2.35. The summed E-state index contributed by atoms with van der Waals surface area (Å²) in [6, 6.07) is 0.285. The van der Waals surface area contributed by atoms with E-state index in [9.17, 15) is 0 Å². The molecule has 0 aromatic heterocycles. The Morgan fingerprint density at radius 1 is 1.35 bits per heavy atom. The number of piperidine rings is 1. The molecule has 0 spiro atoms. The molecule has 1 fully saturated rings.